The van der Waals surface area contributed by atoms with E-state index in [1.165, 1.54) is 69.8 Å². The highest BCUT2D eigenvalue weighted by molar-refractivity contribution is 5.29. The SMILES string of the molecule is C=C(C)[C@H](C)CC[C@H](C)[C@H]1CC[C@@]2(C)[C@H]3CC[C@H]4[C@H](C)[C@@H](O)CC[C@]45C[C@]35CC[C@]12C. The standard InChI is InChI=1S/C30H50O/c1-19(2)20(3)8-9-21(4)23-12-14-28(7)26-11-10-24-22(5)25(31)13-15-29(24)18-30(26,29)17-16-27(23,28)6/h20-26,31H,1,8-18H2,2-7H3/t20-,21+,22+,23-,24+,25+,26-,27-,28+,29+,30-/m1/s1. The second-order valence-electron chi connectivity index (χ2n) is 14.0. The van der Waals surface area contributed by atoms with Crippen LogP contribution in [-0.2, 0) is 0 Å². The molecule has 0 heterocycles. The highest BCUT2D eigenvalue weighted by Gasteiger charge is 2.81. The molecular weight excluding hydrogens is 376 g/mol. The van der Waals surface area contributed by atoms with Crippen molar-refractivity contribution >= 4 is 0 Å². The molecule has 2 spiro atoms. The Morgan fingerprint density at radius 2 is 1.68 bits per heavy atom. The van der Waals surface area contributed by atoms with E-state index in [0.717, 1.165) is 30.1 Å². The summed E-state index contributed by atoms with van der Waals surface area (Å²) >= 11 is 0. The van der Waals surface area contributed by atoms with Crippen LogP contribution in [0.4, 0.5) is 0 Å². The third kappa shape index (κ3) is 2.77. The van der Waals surface area contributed by atoms with Gasteiger partial charge in [0.15, 0.2) is 0 Å². The highest BCUT2D eigenvalue weighted by atomic mass is 16.3. The van der Waals surface area contributed by atoms with Crippen LogP contribution in [0.3, 0.4) is 0 Å². The zero-order valence-electron chi connectivity index (χ0n) is 21.5. The molecule has 176 valence electrons. The smallest absolute Gasteiger partial charge is 0.0568 e. The molecule has 0 aliphatic heterocycles. The van der Waals surface area contributed by atoms with Crippen molar-refractivity contribution in [3.05, 3.63) is 12.2 Å². The summed E-state index contributed by atoms with van der Waals surface area (Å²) in [6.45, 7) is 19.2. The van der Waals surface area contributed by atoms with Gasteiger partial charge in [-0.25, -0.2) is 0 Å². The van der Waals surface area contributed by atoms with Gasteiger partial charge in [-0.15, -0.1) is 0 Å². The van der Waals surface area contributed by atoms with Crippen LogP contribution in [-0.4, -0.2) is 11.2 Å². The summed E-state index contributed by atoms with van der Waals surface area (Å²) in [5.41, 5.74) is 3.69. The average molecular weight is 427 g/mol. The van der Waals surface area contributed by atoms with Crippen LogP contribution in [0.25, 0.3) is 0 Å². The lowest BCUT2D eigenvalue weighted by molar-refractivity contribution is -0.143. The number of aliphatic hydroxyl groups is 1. The molecule has 5 saturated carbocycles. The van der Waals surface area contributed by atoms with Crippen LogP contribution in [0.15, 0.2) is 12.2 Å². The first-order chi connectivity index (χ1) is 14.5. The first-order valence-corrected chi connectivity index (χ1v) is 13.9. The van der Waals surface area contributed by atoms with Crippen LogP contribution < -0.4 is 0 Å². The van der Waals surface area contributed by atoms with Gasteiger partial charge >= 0.3 is 0 Å². The molecule has 1 heteroatoms. The number of allylic oxidation sites excluding steroid dienone is 1. The lowest BCUT2D eigenvalue weighted by atomic mass is 9.43. The van der Waals surface area contributed by atoms with Crippen molar-refractivity contribution < 1.29 is 5.11 Å². The molecule has 0 bridgehead atoms. The molecule has 0 unspecified atom stereocenters. The summed E-state index contributed by atoms with van der Waals surface area (Å²) in [5.74, 6) is 4.71. The van der Waals surface area contributed by atoms with Gasteiger partial charge in [-0.3, -0.25) is 0 Å². The van der Waals surface area contributed by atoms with E-state index >= 15 is 0 Å². The van der Waals surface area contributed by atoms with Crippen molar-refractivity contribution in [2.75, 3.05) is 0 Å². The number of hydrogen-bond acceptors (Lipinski definition) is 1. The van der Waals surface area contributed by atoms with Crippen LogP contribution in [0, 0.1) is 57.2 Å². The Balaban J connectivity index is 1.37. The highest BCUT2D eigenvalue weighted by Crippen LogP contribution is 2.88. The molecule has 0 amide bonds. The van der Waals surface area contributed by atoms with Gasteiger partial charge in [0.2, 0.25) is 0 Å². The van der Waals surface area contributed by atoms with E-state index in [1.54, 1.807) is 0 Å². The minimum Gasteiger partial charge on any atom is -0.393 e. The van der Waals surface area contributed by atoms with E-state index in [2.05, 4.69) is 48.1 Å². The lowest BCUT2D eigenvalue weighted by Crippen LogP contribution is -2.55. The van der Waals surface area contributed by atoms with Crippen LogP contribution in [0.5, 0.6) is 0 Å². The Morgan fingerprint density at radius 1 is 0.935 bits per heavy atom. The van der Waals surface area contributed by atoms with Gasteiger partial charge in [-0.05, 0) is 135 Å². The average Bonchev–Trinajstić information content (AvgIpc) is 3.31. The number of aliphatic hydroxyl groups excluding tert-OH is 1. The zero-order valence-corrected chi connectivity index (χ0v) is 21.5. The number of fused-ring (bicyclic) bond motifs is 2. The largest absolute Gasteiger partial charge is 0.393 e. The zero-order chi connectivity index (χ0) is 22.4. The molecule has 1 N–H and O–H groups in total. The van der Waals surface area contributed by atoms with Crippen molar-refractivity contribution in [1.29, 1.82) is 0 Å². The predicted molar refractivity (Wildman–Crippen MR) is 131 cm³/mol. The molecule has 0 saturated heterocycles. The summed E-state index contributed by atoms with van der Waals surface area (Å²) in [4.78, 5) is 0. The van der Waals surface area contributed by atoms with Crippen molar-refractivity contribution in [3.8, 4) is 0 Å². The molecule has 31 heavy (non-hydrogen) atoms. The monoisotopic (exact) mass is 426 g/mol. The first-order valence-electron chi connectivity index (χ1n) is 13.9. The summed E-state index contributed by atoms with van der Waals surface area (Å²) in [6, 6.07) is 0. The van der Waals surface area contributed by atoms with Crippen LogP contribution in [0.1, 0.15) is 112 Å². The molecule has 5 fully saturated rings. The summed E-state index contributed by atoms with van der Waals surface area (Å²) in [5, 5.41) is 10.6. The molecular formula is C30H50O. The van der Waals surface area contributed by atoms with Gasteiger partial charge in [-0.1, -0.05) is 46.8 Å². The van der Waals surface area contributed by atoms with Gasteiger partial charge in [0, 0.05) is 0 Å². The second kappa shape index (κ2) is 7.10. The second-order valence-corrected chi connectivity index (χ2v) is 14.0. The maximum absolute atomic E-state index is 10.6. The summed E-state index contributed by atoms with van der Waals surface area (Å²) in [7, 11) is 0. The molecule has 11 atom stereocenters. The third-order valence-corrected chi connectivity index (χ3v) is 13.3. The molecule has 5 aliphatic rings. The van der Waals surface area contributed by atoms with E-state index in [1.807, 2.05) is 0 Å². The molecule has 5 aliphatic carbocycles. The molecule has 0 aromatic heterocycles. The first kappa shape index (κ1) is 22.5. The Hall–Kier alpha value is -0.300. The van der Waals surface area contributed by atoms with Crippen molar-refractivity contribution in [2.45, 2.75) is 118 Å². The molecule has 0 radical (unpaired) electrons. The van der Waals surface area contributed by atoms with E-state index in [0.29, 0.717) is 33.5 Å². The van der Waals surface area contributed by atoms with Crippen molar-refractivity contribution in [3.63, 3.8) is 0 Å². The van der Waals surface area contributed by atoms with E-state index in [9.17, 15) is 5.11 Å². The topological polar surface area (TPSA) is 20.2 Å². The van der Waals surface area contributed by atoms with Crippen molar-refractivity contribution in [2.24, 2.45) is 57.2 Å². The molecule has 0 aromatic carbocycles. The van der Waals surface area contributed by atoms with E-state index in [4.69, 9.17) is 0 Å². The minimum atomic E-state index is -0.0347. The predicted octanol–water partition coefficient (Wildman–Crippen LogP) is 8.02. The van der Waals surface area contributed by atoms with Gasteiger partial charge in [-0.2, -0.15) is 0 Å². The maximum atomic E-state index is 10.6. The Bertz CT molecular complexity index is 741. The fraction of sp³-hybridized carbons (Fsp3) is 0.933. The molecule has 5 rings (SSSR count). The molecule has 0 aromatic rings. The minimum absolute atomic E-state index is 0.0347. The Kier molecular flexibility index (Phi) is 5.15. The quantitative estimate of drug-likeness (QED) is 0.441. The van der Waals surface area contributed by atoms with Gasteiger partial charge in [0.05, 0.1) is 6.10 Å². The fourth-order valence-corrected chi connectivity index (χ4v) is 10.9. The van der Waals surface area contributed by atoms with Crippen molar-refractivity contribution in [1.82, 2.24) is 0 Å². The van der Waals surface area contributed by atoms with Gasteiger partial charge < -0.3 is 5.11 Å². The normalized spacial score (nSPS) is 54.7. The number of rotatable bonds is 5. The van der Waals surface area contributed by atoms with Crippen LogP contribution in [0.2, 0.25) is 0 Å². The van der Waals surface area contributed by atoms with Gasteiger partial charge in [0.1, 0.15) is 0 Å². The Morgan fingerprint density at radius 3 is 2.39 bits per heavy atom. The number of hydrogen-bond donors (Lipinski definition) is 1. The maximum Gasteiger partial charge on any atom is 0.0568 e. The fourth-order valence-electron chi connectivity index (χ4n) is 10.9. The molecule has 1 nitrogen and oxygen atoms in total. The summed E-state index contributed by atoms with van der Waals surface area (Å²) < 4.78 is 0. The summed E-state index contributed by atoms with van der Waals surface area (Å²) in [6.07, 6.45) is 15.3. The van der Waals surface area contributed by atoms with E-state index < -0.39 is 0 Å². The van der Waals surface area contributed by atoms with Gasteiger partial charge in [0.25, 0.3) is 0 Å². The lowest BCUT2D eigenvalue weighted by Gasteiger charge is -2.62. The van der Waals surface area contributed by atoms with Crippen LogP contribution >= 0.6 is 0 Å². The Labute approximate surface area is 192 Å². The van der Waals surface area contributed by atoms with E-state index in [-0.39, 0.29) is 6.10 Å². The third-order valence-electron chi connectivity index (χ3n) is 13.3.